The molecule has 0 bridgehead atoms. The Hall–Kier alpha value is -4.70. The number of carbonyl (C=O) groups excluding carboxylic acids is 1. The average molecular weight is 560 g/mol. The number of pyridine rings is 2. The summed E-state index contributed by atoms with van der Waals surface area (Å²) >= 11 is 0. The van der Waals surface area contributed by atoms with Crippen LogP contribution in [0.4, 0.5) is 24.7 Å². The first-order chi connectivity index (χ1) is 19.7. The van der Waals surface area contributed by atoms with E-state index >= 15 is 0 Å². The van der Waals surface area contributed by atoms with Gasteiger partial charge in [-0.1, -0.05) is 30.8 Å². The summed E-state index contributed by atoms with van der Waals surface area (Å²) in [5.74, 6) is 0.136. The molecule has 0 spiro atoms. The molecule has 1 aliphatic rings. The van der Waals surface area contributed by atoms with Gasteiger partial charge >= 0.3 is 6.36 Å². The lowest BCUT2D eigenvalue weighted by molar-refractivity contribution is -0.274. The average Bonchev–Trinajstić information content (AvgIpc) is 2.94. The SMILES string of the molecule is C=C1CN(Cc2ccncc2)CCN1c1ccc(NC(=O)c2cccc(-c3ccc(OC(F)(F)F)cc3)c2C)cn1. The Balaban J connectivity index is 1.22. The highest BCUT2D eigenvalue weighted by molar-refractivity contribution is 6.06. The Morgan fingerprint density at radius 3 is 2.44 bits per heavy atom. The lowest BCUT2D eigenvalue weighted by Crippen LogP contribution is -2.44. The molecule has 0 saturated carbocycles. The predicted molar refractivity (Wildman–Crippen MR) is 151 cm³/mol. The summed E-state index contributed by atoms with van der Waals surface area (Å²) in [5, 5.41) is 2.89. The van der Waals surface area contributed by atoms with Gasteiger partial charge in [0, 0.05) is 49.8 Å². The number of hydrogen-bond acceptors (Lipinski definition) is 6. The van der Waals surface area contributed by atoms with Gasteiger partial charge in [0.1, 0.15) is 11.6 Å². The van der Waals surface area contributed by atoms with Crippen LogP contribution in [0.2, 0.25) is 0 Å². The van der Waals surface area contributed by atoms with E-state index in [1.54, 1.807) is 43.7 Å². The zero-order valence-corrected chi connectivity index (χ0v) is 22.4. The number of halogens is 3. The van der Waals surface area contributed by atoms with E-state index in [0.29, 0.717) is 22.4 Å². The molecule has 5 rings (SSSR count). The summed E-state index contributed by atoms with van der Waals surface area (Å²) < 4.78 is 41.4. The van der Waals surface area contributed by atoms with Crippen LogP contribution >= 0.6 is 0 Å². The molecule has 10 heteroatoms. The lowest BCUT2D eigenvalue weighted by Gasteiger charge is -2.37. The third kappa shape index (κ3) is 6.90. The van der Waals surface area contributed by atoms with Crippen molar-refractivity contribution >= 4 is 17.4 Å². The molecule has 0 radical (unpaired) electrons. The third-order valence-electron chi connectivity index (χ3n) is 6.84. The molecule has 2 aromatic carbocycles. The molecule has 1 fully saturated rings. The van der Waals surface area contributed by atoms with Crippen LogP contribution in [0.3, 0.4) is 0 Å². The minimum Gasteiger partial charge on any atom is -0.406 e. The third-order valence-corrected chi connectivity index (χ3v) is 6.84. The monoisotopic (exact) mass is 559 g/mol. The molecule has 1 amide bonds. The van der Waals surface area contributed by atoms with Crippen molar-refractivity contribution in [3.63, 3.8) is 0 Å². The van der Waals surface area contributed by atoms with Crippen LogP contribution in [0.5, 0.6) is 5.75 Å². The second-order valence-electron chi connectivity index (χ2n) is 9.69. The second-order valence-corrected chi connectivity index (χ2v) is 9.69. The van der Waals surface area contributed by atoms with E-state index in [0.717, 1.165) is 43.3 Å². The van der Waals surface area contributed by atoms with Crippen LogP contribution in [0.25, 0.3) is 11.1 Å². The van der Waals surface area contributed by atoms with Crippen molar-refractivity contribution in [1.29, 1.82) is 0 Å². The minimum atomic E-state index is -4.76. The number of alkyl halides is 3. The summed E-state index contributed by atoms with van der Waals surface area (Å²) in [6, 6.07) is 18.5. The number of nitrogens with zero attached hydrogens (tertiary/aromatic N) is 4. The van der Waals surface area contributed by atoms with Crippen molar-refractivity contribution in [1.82, 2.24) is 14.9 Å². The van der Waals surface area contributed by atoms with Crippen LogP contribution in [-0.2, 0) is 6.54 Å². The maximum atomic E-state index is 13.1. The van der Waals surface area contributed by atoms with E-state index in [4.69, 9.17) is 0 Å². The zero-order valence-electron chi connectivity index (χ0n) is 22.4. The van der Waals surface area contributed by atoms with E-state index in [-0.39, 0.29) is 11.7 Å². The Bertz CT molecular complexity index is 1520. The quantitative estimate of drug-likeness (QED) is 0.281. The van der Waals surface area contributed by atoms with Gasteiger partial charge in [0.2, 0.25) is 0 Å². The highest BCUT2D eigenvalue weighted by Gasteiger charge is 2.31. The molecule has 2 aromatic heterocycles. The Kier molecular flexibility index (Phi) is 8.02. The van der Waals surface area contributed by atoms with Gasteiger partial charge < -0.3 is 15.0 Å². The number of ether oxygens (including phenoxy) is 1. The predicted octanol–water partition coefficient (Wildman–Crippen LogP) is 6.44. The van der Waals surface area contributed by atoms with Crippen LogP contribution in [-0.4, -0.2) is 46.8 Å². The highest BCUT2D eigenvalue weighted by atomic mass is 19.4. The Morgan fingerprint density at radius 2 is 1.78 bits per heavy atom. The zero-order chi connectivity index (χ0) is 29.0. The van der Waals surface area contributed by atoms with Crippen molar-refractivity contribution in [2.45, 2.75) is 19.8 Å². The van der Waals surface area contributed by atoms with Gasteiger partial charge in [-0.2, -0.15) is 0 Å². The Morgan fingerprint density at radius 1 is 1.02 bits per heavy atom. The van der Waals surface area contributed by atoms with Crippen molar-refractivity contribution in [2.24, 2.45) is 0 Å². The number of piperazine rings is 1. The maximum Gasteiger partial charge on any atom is 0.573 e. The summed E-state index contributed by atoms with van der Waals surface area (Å²) in [6.07, 6.45) is 0.442. The first-order valence-electron chi connectivity index (χ1n) is 13.0. The van der Waals surface area contributed by atoms with Crippen LogP contribution < -0.4 is 15.0 Å². The number of aromatic nitrogens is 2. The molecule has 1 aliphatic heterocycles. The van der Waals surface area contributed by atoms with Gasteiger partial charge in [-0.3, -0.25) is 14.7 Å². The maximum absolute atomic E-state index is 13.1. The molecular formula is C31H28F3N5O2. The highest BCUT2D eigenvalue weighted by Crippen LogP contribution is 2.30. The molecule has 4 aromatic rings. The largest absolute Gasteiger partial charge is 0.573 e. The van der Waals surface area contributed by atoms with E-state index in [9.17, 15) is 18.0 Å². The molecule has 210 valence electrons. The summed E-state index contributed by atoms with van der Waals surface area (Å²) in [4.78, 5) is 26.2. The number of amides is 1. The molecule has 0 aliphatic carbocycles. The van der Waals surface area contributed by atoms with Crippen molar-refractivity contribution < 1.29 is 22.7 Å². The molecule has 1 saturated heterocycles. The van der Waals surface area contributed by atoms with E-state index in [1.807, 2.05) is 24.3 Å². The molecular weight excluding hydrogens is 531 g/mol. The van der Waals surface area contributed by atoms with E-state index in [1.165, 1.54) is 29.8 Å². The van der Waals surface area contributed by atoms with Gasteiger partial charge in [0.05, 0.1) is 11.9 Å². The first kappa shape index (κ1) is 27.9. The summed E-state index contributed by atoms with van der Waals surface area (Å²) in [6.45, 7) is 9.19. The fourth-order valence-electron chi connectivity index (χ4n) is 4.83. The van der Waals surface area contributed by atoms with Gasteiger partial charge in [-0.05, 0) is 71.6 Å². The smallest absolute Gasteiger partial charge is 0.406 e. The lowest BCUT2D eigenvalue weighted by atomic mass is 9.96. The summed E-state index contributed by atoms with van der Waals surface area (Å²) in [5.41, 5.74) is 5.22. The van der Waals surface area contributed by atoms with Gasteiger partial charge in [-0.25, -0.2) is 4.98 Å². The topological polar surface area (TPSA) is 70.6 Å². The van der Waals surface area contributed by atoms with Crippen LogP contribution in [0, 0.1) is 6.92 Å². The molecule has 41 heavy (non-hydrogen) atoms. The molecule has 0 unspecified atom stereocenters. The molecule has 1 N–H and O–H groups in total. The first-order valence-corrected chi connectivity index (χ1v) is 13.0. The Labute approximate surface area is 235 Å². The molecule has 0 atom stereocenters. The van der Waals surface area contributed by atoms with Gasteiger partial charge in [0.15, 0.2) is 0 Å². The van der Waals surface area contributed by atoms with Crippen molar-refractivity contribution in [2.75, 3.05) is 29.9 Å². The van der Waals surface area contributed by atoms with Gasteiger partial charge in [0.25, 0.3) is 5.91 Å². The number of anilines is 2. The number of nitrogens with one attached hydrogen (secondary N) is 1. The number of rotatable bonds is 7. The van der Waals surface area contributed by atoms with E-state index in [2.05, 4.69) is 36.4 Å². The summed E-state index contributed by atoms with van der Waals surface area (Å²) in [7, 11) is 0. The van der Waals surface area contributed by atoms with Gasteiger partial charge in [-0.15, -0.1) is 13.2 Å². The fourth-order valence-corrected chi connectivity index (χ4v) is 4.83. The normalized spacial score (nSPS) is 14.1. The standard InChI is InChI=1S/C31H28F3N5O2/c1-21-19-38(20-23-12-14-35-15-13-23)16-17-39(21)29-11-8-25(18-36-29)37-30(40)28-5-3-4-27(22(28)2)24-6-9-26(10-7-24)41-31(32,33)34/h3-15,18H,1,16-17,19-20H2,2H3,(H,37,40). The van der Waals surface area contributed by atoms with E-state index < -0.39 is 6.36 Å². The molecule has 3 heterocycles. The number of hydrogen-bond donors (Lipinski definition) is 1. The van der Waals surface area contributed by atoms with Crippen LogP contribution in [0.1, 0.15) is 21.5 Å². The number of carbonyl (C=O) groups is 1. The fraction of sp³-hybridized carbons (Fsp3) is 0.194. The second kappa shape index (κ2) is 11.8. The van der Waals surface area contributed by atoms with Crippen molar-refractivity contribution in [3.8, 4) is 16.9 Å². The number of benzene rings is 2. The molecule has 7 nitrogen and oxygen atoms in total. The van der Waals surface area contributed by atoms with Crippen LogP contribution in [0.15, 0.2) is 97.6 Å². The van der Waals surface area contributed by atoms with Crippen molar-refractivity contribution in [3.05, 3.63) is 114 Å². The minimum absolute atomic E-state index is 0.306.